The number of aliphatic carboxylic acids is 1. The van der Waals surface area contributed by atoms with E-state index < -0.39 is 11.9 Å². The highest BCUT2D eigenvalue weighted by molar-refractivity contribution is 5.95. The van der Waals surface area contributed by atoms with Crippen LogP contribution in [0.15, 0.2) is 108 Å². The topological polar surface area (TPSA) is 107 Å². The van der Waals surface area contributed by atoms with E-state index in [-0.39, 0.29) is 30.7 Å². The monoisotopic (exact) mass is 602 g/mol. The maximum atomic E-state index is 13.3. The summed E-state index contributed by atoms with van der Waals surface area (Å²) in [5.74, 6) is -2.28. The van der Waals surface area contributed by atoms with Gasteiger partial charge in [-0.05, 0) is 66.6 Å². The lowest BCUT2D eigenvalue weighted by Crippen LogP contribution is -2.29. The van der Waals surface area contributed by atoms with Crippen LogP contribution in [0.3, 0.4) is 0 Å². The van der Waals surface area contributed by atoms with E-state index in [1.807, 2.05) is 90.7 Å². The van der Waals surface area contributed by atoms with Crippen LogP contribution in [0.4, 0.5) is 17.4 Å². The molecule has 9 nitrogen and oxygen atoms in total. The number of oxazole rings is 1. The van der Waals surface area contributed by atoms with Crippen molar-refractivity contribution in [3.8, 4) is 0 Å². The third-order valence-electron chi connectivity index (χ3n) is 8.44. The number of likely N-dealkylation sites (N-methyl/N-ethyl adjacent to an activating group) is 1. The van der Waals surface area contributed by atoms with Gasteiger partial charge in [-0.2, -0.15) is 4.98 Å². The van der Waals surface area contributed by atoms with Crippen molar-refractivity contribution >= 4 is 46.3 Å². The molecule has 1 fully saturated rings. The first-order valence-corrected chi connectivity index (χ1v) is 15.0. The summed E-state index contributed by atoms with van der Waals surface area (Å²) in [6.45, 7) is 3.18. The fourth-order valence-electron chi connectivity index (χ4n) is 5.92. The van der Waals surface area contributed by atoms with Crippen molar-refractivity contribution in [2.75, 3.05) is 36.5 Å². The first kappa shape index (κ1) is 29.6. The maximum absolute atomic E-state index is 13.3. The van der Waals surface area contributed by atoms with E-state index in [9.17, 15) is 19.5 Å². The molecule has 45 heavy (non-hydrogen) atoms. The van der Waals surface area contributed by atoms with E-state index in [4.69, 9.17) is 4.42 Å². The van der Waals surface area contributed by atoms with Crippen LogP contribution in [0.25, 0.3) is 11.1 Å². The molecule has 4 aromatic carbocycles. The Morgan fingerprint density at radius 3 is 2.24 bits per heavy atom. The number of hydrogen-bond acceptors (Lipinski definition) is 6. The van der Waals surface area contributed by atoms with Gasteiger partial charge in [0.25, 0.3) is 5.91 Å². The number of carbonyl (C=O) groups excluding carboxylic acids is 2. The van der Waals surface area contributed by atoms with Crippen molar-refractivity contribution in [1.82, 2.24) is 9.88 Å². The zero-order valence-electron chi connectivity index (χ0n) is 25.2. The molecule has 6 rings (SSSR count). The largest absolute Gasteiger partial charge is 0.481 e. The second-order valence-electron chi connectivity index (χ2n) is 11.2. The molecule has 0 spiro atoms. The van der Waals surface area contributed by atoms with E-state index in [2.05, 4.69) is 4.98 Å². The van der Waals surface area contributed by atoms with Gasteiger partial charge in [0.05, 0.1) is 12.3 Å². The number of hydrogen-bond donors (Lipinski definition) is 1. The van der Waals surface area contributed by atoms with Gasteiger partial charge in [-0.15, -0.1) is 0 Å². The number of aromatic nitrogens is 1. The third-order valence-corrected chi connectivity index (χ3v) is 8.44. The van der Waals surface area contributed by atoms with Gasteiger partial charge in [0.2, 0.25) is 5.91 Å². The molecule has 2 atom stereocenters. The van der Waals surface area contributed by atoms with Crippen molar-refractivity contribution in [3.05, 3.63) is 120 Å². The number of carbonyl (C=O) groups is 3. The van der Waals surface area contributed by atoms with E-state index in [1.54, 1.807) is 41.1 Å². The smallest absolute Gasteiger partial charge is 0.308 e. The average molecular weight is 603 g/mol. The van der Waals surface area contributed by atoms with Gasteiger partial charge < -0.3 is 19.3 Å². The molecule has 5 aromatic rings. The van der Waals surface area contributed by atoms with E-state index >= 15 is 0 Å². The molecule has 1 aliphatic rings. The van der Waals surface area contributed by atoms with Gasteiger partial charge in [-0.25, -0.2) is 0 Å². The zero-order chi connectivity index (χ0) is 31.5. The van der Waals surface area contributed by atoms with Gasteiger partial charge in [-0.3, -0.25) is 19.3 Å². The molecule has 1 aliphatic heterocycles. The van der Waals surface area contributed by atoms with Crippen LogP contribution in [-0.2, 0) is 16.0 Å². The summed E-state index contributed by atoms with van der Waals surface area (Å²) in [5, 5.41) is 9.93. The lowest BCUT2D eigenvalue weighted by atomic mass is 9.89. The summed E-state index contributed by atoms with van der Waals surface area (Å²) in [6.07, 6.45) is 0.167. The van der Waals surface area contributed by atoms with Crippen LogP contribution in [0, 0.1) is 5.92 Å². The van der Waals surface area contributed by atoms with Crippen molar-refractivity contribution in [2.24, 2.45) is 5.92 Å². The summed E-state index contributed by atoms with van der Waals surface area (Å²) in [6, 6.07) is 32.3. The lowest BCUT2D eigenvalue weighted by molar-refractivity contribution is -0.141. The summed E-state index contributed by atoms with van der Waals surface area (Å²) in [5.41, 5.74) is 5.17. The molecule has 2 heterocycles. The van der Waals surface area contributed by atoms with Gasteiger partial charge in [-0.1, -0.05) is 54.6 Å². The van der Waals surface area contributed by atoms with Crippen LogP contribution in [-0.4, -0.2) is 59.5 Å². The molecule has 0 aliphatic carbocycles. The molecule has 2 amide bonds. The molecule has 0 saturated carbocycles. The number of amides is 2. The predicted octanol–water partition coefficient (Wildman–Crippen LogP) is 6.13. The minimum atomic E-state index is -0.932. The number of para-hydroxylation sites is 1. The summed E-state index contributed by atoms with van der Waals surface area (Å²) < 4.78 is 6.10. The van der Waals surface area contributed by atoms with Crippen LogP contribution >= 0.6 is 0 Å². The lowest BCUT2D eigenvalue weighted by Gasteiger charge is -2.20. The van der Waals surface area contributed by atoms with Gasteiger partial charge in [0, 0.05) is 49.5 Å². The predicted molar refractivity (Wildman–Crippen MR) is 173 cm³/mol. The summed E-state index contributed by atoms with van der Waals surface area (Å²) in [7, 11) is 1.72. The molecule has 0 bridgehead atoms. The van der Waals surface area contributed by atoms with Crippen LogP contribution in [0.1, 0.15) is 34.3 Å². The van der Waals surface area contributed by atoms with Gasteiger partial charge >= 0.3 is 12.0 Å². The Balaban J connectivity index is 1.13. The number of anilines is 3. The van der Waals surface area contributed by atoms with Gasteiger partial charge in [0.1, 0.15) is 5.52 Å². The molecule has 0 radical (unpaired) electrons. The number of rotatable bonds is 9. The van der Waals surface area contributed by atoms with Crippen LogP contribution in [0.2, 0.25) is 0 Å². The van der Waals surface area contributed by atoms with E-state index in [0.29, 0.717) is 35.9 Å². The van der Waals surface area contributed by atoms with E-state index in [0.717, 1.165) is 22.3 Å². The normalized spacial score (nSPS) is 16.1. The summed E-state index contributed by atoms with van der Waals surface area (Å²) >= 11 is 0. The minimum Gasteiger partial charge on any atom is -0.481 e. The van der Waals surface area contributed by atoms with Crippen molar-refractivity contribution < 1.29 is 23.9 Å². The molecule has 9 heteroatoms. The summed E-state index contributed by atoms with van der Waals surface area (Å²) in [4.78, 5) is 48.3. The number of nitrogens with zero attached hydrogens (tertiary/aromatic N) is 4. The number of carboxylic acids is 1. The highest BCUT2D eigenvalue weighted by atomic mass is 16.4. The van der Waals surface area contributed by atoms with Gasteiger partial charge in [0.15, 0.2) is 5.58 Å². The standard InChI is InChI=1S/C36H34N4O5/c1-3-40(28-12-8-5-9-13-28)36-37-31-19-14-24(20-32(31)45-36)21-33(41)38(2)27-17-15-25(16-18-27)29-22-39(23-30(29)35(43)44)34(42)26-10-6-4-7-11-26/h4-20,29-30H,3,21-23H2,1-2H3,(H,43,44). The number of carboxylic acid groups (broad SMARTS) is 1. The molecule has 1 N–H and O–H groups in total. The highest BCUT2D eigenvalue weighted by Crippen LogP contribution is 2.35. The average Bonchev–Trinajstić information content (AvgIpc) is 3.70. The molecule has 1 aromatic heterocycles. The van der Waals surface area contributed by atoms with Crippen molar-refractivity contribution in [2.45, 2.75) is 19.3 Å². The van der Waals surface area contributed by atoms with Crippen molar-refractivity contribution in [1.29, 1.82) is 0 Å². The van der Waals surface area contributed by atoms with Crippen LogP contribution < -0.4 is 9.80 Å². The molecular formula is C36H34N4O5. The third kappa shape index (κ3) is 6.15. The SMILES string of the molecule is CCN(c1ccccc1)c1nc2ccc(CC(=O)N(C)c3ccc(C4CN(C(=O)c5ccccc5)CC4C(=O)O)cc3)cc2o1. The minimum absolute atomic E-state index is 0.106. The Labute approximate surface area is 261 Å². The second kappa shape index (κ2) is 12.7. The molecule has 228 valence electrons. The Morgan fingerprint density at radius 2 is 1.58 bits per heavy atom. The maximum Gasteiger partial charge on any atom is 0.308 e. The molecule has 1 saturated heterocycles. The first-order valence-electron chi connectivity index (χ1n) is 15.0. The number of likely N-dealkylation sites (tertiary alicyclic amines) is 1. The van der Waals surface area contributed by atoms with E-state index in [1.165, 1.54) is 0 Å². The molecular weight excluding hydrogens is 568 g/mol. The first-order chi connectivity index (χ1) is 21.8. The van der Waals surface area contributed by atoms with Crippen molar-refractivity contribution in [3.63, 3.8) is 0 Å². The highest BCUT2D eigenvalue weighted by Gasteiger charge is 2.40. The Hall–Kier alpha value is -5.44. The number of benzene rings is 4. The number of fused-ring (bicyclic) bond motifs is 1. The zero-order valence-corrected chi connectivity index (χ0v) is 25.2. The molecule has 2 unspecified atom stereocenters. The Bertz CT molecular complexity index is 1820. The fourth-order valence-corrected chi connectivity index (χ4v) is 5.92. The Kier molecular flexibility index (Phi) is 8.33. The quantitative estimate of drug-likeness (QED) is 0.216. The fraction of sp³-hybridized carbons (Fsp3) is 0.222. The van der Waals surface area contributed by atoms with Crippen LogP contribution in [0.5, 0.6) is 0 Å². The Morgan fingerprint density at radius 1 is 0.889 bits per heavy atom. The second-order valence-corrected chi connectivity index (χ2v) is 11.2.